The third kappa shape index (κ3) is 3.44. The fraction of sp³-hybridized carbons (Fsp3) is 0.190. The number of ether oxygens (including phenoxy) is 1. The number of rotatable bonds is 4. The molecule has 4 rings (SSSR count). The predicted molar refractivity (Wildman–Crippen MR) is 126 cm³/mol. The number of anilines is 2. The Morgan fingerprint density at radius 1 is 1.03 bits per heavy atom. The first kappa shape index (κ1) is 21.0. The maximum Gasteiger partial charge on any atom is 0.365 e. The van der Waals surface area contributed by atoms with Crippen LogP contribution in [0.3, 0.4) is 0 Å². The third-order valence-corrected chi connectivity index (χ3v) is 8.14. The Bertz CT molecular complexity index is 1070. The van der Waals surface area contributed by atoms with E-state index in [2.05, 4.69) is 25.9 Å². The lowest BCUT2D eigenvalue weighted by Crippen LogP contribution is -2.49. The van der Waals surface area contributed by atoms with Crippen molar-refractivity contribution in [2.24, 2.45) is 5.10 Å². The average Bonchev–Trinajstić information content (AvgIpc) is 3.26. The largest absolute Gasteiger partial charge is 0.464 e. The molecule has 2 aromatic rings. The topological polar surface area (TPSA) is 62.2 Å². The van der Waals surface area contributed by atoms with Gasteiger partial charge in [0.1, 0.15) is 0 Å². The second-order valence-electron chi connectivity index (χ2n) is 6.58. The molecule has 9 heteroatoms. The molecule has 0 N–H and O–H groups in total. The quantitative estimate of drug-likeness (QED) is 0.532. The monoisotopic (exact) mass is 503 g/mol. The molecule has 0 aromatic heterocycles. The van der Waals surface area contributed by atoms with Crippen molar-refractivity contribution in [3.63, 3.8) is 0 Å². The smallest absolute Gasteiger partial charge is 0.365 e. The Kier molecular flexibility index (Phi) is 5.69. The number of allylic oxidation sites excluding steroid dienone is 2. The molecular formula is C21H18BrN3O3S2. The molecule has 0 aliphatic carbocycles. The van der Waals surface area contributed by atoms with Crippen molar-refractivity contribution >= 4 is 67.6 Å². The summed E-state index contributed by atoms with van der Waals surface area (Å²) in [5, 5.41) is 6.63. The Labute approximate surface area is 191 Å². The van der Waals surface area contributed by atoms with Crippen LogP contribution in [0.5, 0.6) is 0 Å². The number of hydrogen-bond acceptors (Lipinski definition) is 8. The van der Waals surface area contributed by atoms with Crippen LogP contribution in [0.15, 0.2) is 74.8 Å². The van der Waals surface area contributed by atoms with Gasteiger partial charge in [0.15, 0.2) is 5.78 Å². The van der Waals surface area contributed by atoms with E-state index in [1.54, 1.807) is 11.9 Å². The van der Waals surface area contributed by atoms with Gasteiger partial charge in [0.25, 0.3) is 0 Å². The fourth-order valence-electron chi connectivity index (χ4n) is 3.35. The van der Waals surface area contributed by atoms with Crippen LogP contribution in [0.1, 0.15) is 13.8 Å². The van der Waals surface area contributed by atoms with Crippen molar-refractivity contribution in [1.29, 1.82) is 0 Å². The summed E-state index contributed by atoms with van der Waals surface area (Å²) in [5.41, 5.74) is 2.50. The molecule has 2 aliphatic rings. The molecule has 30 heavy (non-hydrogen) atoms. The highest BCUT2D eigenvalue weighted by atomic mass is 79.9. The second-order valence-corrected chi connectivity index (χ2v) is 10.1. The van der Waals surface area contributed by atoms with Crippen molar-refractivity contribution in [3.05, 3.63) is 69.7 Å². The van der Waals surface area contributed by atoms with E-state index in [0.29, 0.717) is 4.91 Å². The van der Waals surface area contributed by atoms with Crippen LogP contribution < -0.4 is 9.91 Å². The van der Waals surface area contributed by atoms with Crippen LogP contribution in [0.25, 0.3) is 0 Å². The summed E-state index contributed by atoms with van der Waals surface area (Å²) in [6, 6.07) is 17.4. The number of thioether (sulfide) groups is 2. The minimum atomic E-state index is -0.913. The zero-order valence-corrected chi connectivity index (χ0v) is 19.7. The van der Waals surface area contributed by atoms with Gasteiger partial charge in [-0.2, -0.15) is 5.10 Å². The molecule has 0 saturated heterocycles. The molecule has 0 unspecified atom stereocenters. The number of para-hydroxylation sites is 1. The SMILES string of the molecule is COC(=O)C1=NN(c2ccc(Br)cc2)[C@]2(S1)SC(C(C)=O)=C(C)N2c1ccccc1. The maximum atomic E-state index is 12.5. The van der Waals surface area contributed by atoms with E-state index >= 15 is 0 Å². The number of halogens is 1. The van der Waals surface area contributed by atoms with E-state index in [0.717, 1.165) is 21.5 Å². The first-order valence-electron chi connectivity index (χ1n) is 9.05. The lowest BCUT2D eigenvalue weighted by molar-refractivity contribution is -0.132. The van der Waals surface area contributed by atoms with Crippen LogP contribution >= 0.6 is 39.5 Å². The third-order valence-electron chi connectivity index (χ3n) is 4.64. The van der Waals surface area contributed by atoms with Crippen LogP contribution in [0, 0.1) is 0 Å². The first-order valence-corrected chi connectivity index (χ1v) is 11.5. The molecule has 6 nitrogen and oxygen atoms in total. The van der Waals surface area contributed by atoms with Crippen molar-refractivity contribution in [3.8, 4) is 0 Å². The number of benzene rings is 2. The number of carbonyl (C=O) groups is 2. The van der Waals surface area contributed by atoms with Gasteiger partial charge in [-0.1, -0.05) is 45.9 Å². The van der Waals surface area contributed by atoms with Gasteiger partial charge in [-0.25, -0.2) is 9.80 Å². The molecule has 0 saturated carbocycles. The minimum absolute atomic E-state index is 0.0295. The summed E-state index contributed by atoms with van der Waals surface area (Å²) in [6.07, 6.45) is 0. The van der Waals surface area contributed by atoms with Gasteiger partial charge in [-0.3, -0.25) is 4.79 Å². The predicted octanol–water partition coefficient (Wildman–Crippen LogP) is 5.17. The lowest BCUT2D eigenvalue weighted by Gasteiger charge is -2.41. The Balaban J connectivity index is 1.91. The van der Waals surface area contributed by atoms with Crippen molar-refractivity contribution in [2.75, 3.05) is 17.0 Å². The normalized spacial score (nSPS) is 20.7. The van der Waals surface area contributed by atoms with E-state index in [1.807, 2.05) is 61.5 Å². The van der Waals surface area contributed by atoms with Gasteiger partial charge >= 0.3 is 5.97 Å². The van der Waals surface area contributed by atoms with E-state index in [4.69, 9.17) is 4.74 Å². The second kappa shape index (κ2) is 8.13. The highest BCUT2D eigenvalue weighted by Crippen LogP contribution is 2.60. The van der Waals surface area contributed by atoms with E-state index in [1.165, 1.54) is 30.6 Å². The molecule has 1 atom stereocenters. The first-order chi connectivity index (χ1) is 14.4. The molecular weight excluding hydrogens is 486 g/mol. The number of esters is 1. The summed E-state index contributed by atoms with van der Waals surface area (Å²) < 4.78 is 4.97. The highest BCUT2D eigenvalue weighted by Gasteiger charge is 2.57. The van der Waals surface area contributed by atoms with Crippen LogP contribution in [-0.2, 0) is 14.3 Å². The minimum Gasteiger partial charge on any atom is -0.464 e. The molecule has 2 heterocycles. The summed E-state index contributed by atoms with van der Waals surface area (Å²) in [7, 11) is 1.33. The van der Waals surface area contributed by atoms with Gasteiger partial charge in [0.05, 0.1) is 17.7 Å². The van der Waals surface area contributed by atoms with Gasteiger partial charge in [0, 0.05) is 15.9 Å². The molecule has 2 aliphatic heterocycles. The van der Waals surface area contributed by atoms with Gasteiger partial charge < -0.3 is 9.64 Å². The molecule has 154 valence electrons. The highest BCUT2D eigenvalue weighted by molar-refractivity contribution is 9.10. The molecule has 2 aromatic carbocycles. The van der Waals surface area contributed by atoms with Crippen LogP contribution in [0.2, 0.25) is 0 Å². The summed E-state index contributed by atoms with van der Waals surface area (Å²) in [4.78, 5) is 27.6. The van der Waals surface area contributed by atoms with Crippen molar-refractivity contribution < 1.29 is 14.3 Å². The molecule has 0 radical (unpaired) electrons. The molecule has 0 bridgehead atoms. The maximum absolute atomic E-state index is 12.5. The number of Topliss-reactive ketones (excluding diaryl/α,β-unsaturated/α-hetero) is 1. The summed E-state index contributed by atoms with van der Waals surface area (Å²) >= 11 is 6.12. The number of hydrazone groups is 1. The lowest BCUT2D eigenvalue weighted by atomic mass is 10.2. The van der Waals surface area contributed by atoms with Gasteiger partial charge in [-0.05, 0) is 62.0 Å². The number of carbonyl (C=O) groups excluding carboxylic acids is 2. The number of ketones is 1. The number of nitrogens with zero attached hydrogens (tertiary/aromatic N) is 3. The van der Waals surface area contributed by atoms with Gasteiger partial charge in [-0.15, -0.1) is 0 Å². The summed E-state index contributed by atoms with van der Waals surface area (Å²) in [5.74, 6) is -0.542. The van der Waals surface area contributed by atoms with Crippen LogP contribution in [-0.4, -0.2) is 28.2 Å². The van der Waals surface area contributed by atoms with Gasteiger partial charge in [0.2, 0.25) is 9.37 Å². The Morgan fingerprint density at radius 3 is 2.30 bits per heavy atom. The van der Waals surface area contributed by atoms with Crippen molar-refractivity contribution in [2.45, 2.75) is 18.2 Å². The Hall–Kier alpha value is -2.23. The number of hydrogen-bond donors (Lipinski definition) is 0. The summed E-state index contributed by atoms with van der Waals surface area (Å²) in [6.45, 7) is 3.47. The van der Waals surface area contributed by atoms with E-state index in [9.17, 15) is 9.59 Å². The average molecular weight is 504 g/mol. The van der Waals surface area contributed by atoms with E-state index in [-0.39, 0.29) is 10.8 Å². The number of methoxy groups -OCH3 is 1. The standard InChI is InChI=1S/C21H18BrN3O3S2/c1-13-18(14(2)26)29-21(24(13)16-7-5-4-6-8-16)25(17-11-9-15(22)10-12-17)23-19(30-21)20(27)28-3/h4-12H,1-3H3/t21-/m0/s1. The molecule has 0 amide bonds. The molecule has 0 fully saturated rings. The Morgan fingerprint density at radius 2 is 1.70 bits per heavy atom. The van der Waals surface area contributed by atoms with Crippen LogP contribution in [0.4, 0.5) is 11.4 Å². The van der Waals surface area contributed by atoms with E-state index < -0.39 is 10.3 Å². The van der Waals surface area contributed by atoms with Crippen molar-refractivity contribution in [1.82, 2.24) is 0 Å². The molecule has 1 spiro atoms. The zero-order valence-electron chi connectivity index (χ0n) is 16.5. The fourth-order valence-corrected chi connectivity index (χ4v) is 6.59. The zero-order chi connectivity index (χ0) is 21.5.